The number of carbonyl (C=O) groups is 1. The third-order valence-electron chi connectivity index (χ3n) is 2.34. The number of hydrogen-bond donors (Lipinski definition) is 0. The smallest absolute Gasteiger partial charge is 0.267 e. The van der Waals surface area contributed by atoms with E-state index in [-0.39, 0.29) is 17.9 Å². The van der Waals surface area contributed by atoms with Crippen molar-refractivity contribution < 1.29 is 4.79 Å². The molecule has 0 saturated heterocycles. The molecule has 0 aliphatic heterocycles. The van der Waals surface area contributed by atoms with E-state index in [9.17, 15) is 9.59 Å². The Hall–Kier alpha value is -0.720. The van der Waals surface area contributed by atoms with Crippen molar-refractivity contribution in [3.63, 3.8) is 0 Å². The van der Waals surface area contributed by atoms with E-state index in [1.165, 1.54) is 10.8 Å². The molecular weight excluding hydrogens is 319 g/mol. The molecule has 0 atom stereocenters. The number of carbonyl (C=O) groups excluding carboxylic acids is 1. The summed E-state index contributed by atoms with van der Waals surface area (Å²) in [5.74, 6) is 0.601. The van der Waals surface area contributed by atoms with Crippen LogP contribution in [-0.4, -0.2) is 15.3 Å². The monoisotopic (exact) mass is 334 g/mol. The first-order valence-corrected chi connectivity index (χ1v) is 6.06. The van der Waals surface area contributed by atoms with Crippen molar-refractivity contribution in [1.82, 2.24) is 9.55 Å². The second kappa shape index (κ2) is 4.65. The standard InChI is InChI=1S/C11H15IN2O2/c1-7-13-5-8(12)10(16)14(7)6-9(15)11(2,3)4/h5H,6H2,1-4H3. The lowest BCUT2D eigenvalue weighted by Crippen LogP contribution is -2.33. The Balaban J connectivity index is 3.12. The normalized spacial score (nSPS) is 11.6. The molecule has 1 aromatic heterocycles. The van der Waals surface area contributed by atoms with Crippen LogP contribution < -0.4 is 5.56 Å². The highest BCUT2D eigenvalue weighted by molar-refractivity contribution is 14.1. The molecular formula is C11H15IN2O2. The summed E-state index contributed by atoms with van der Waals surface area (Å²) in [6, 6.07) is 0. The molecule has 0 N–H and O–H groups in total. The maximum Gasteiger partial charge on any atom is 0.267 e. The fourth-order valence-electron chi connectivity index (χ4n) is 1.12. The summed E-state index contributed by atoms with van der Waals surface area (Å²) in [5.41, 5.74) is -0.585. The molecule has 0 aliphatic rings. The van der Waals surface area contributed by atoms with Crippen LogP contribution in [-0.2, 0) is 11.3 Å². The van der Waals surface area contributed by atoms with Crippen LogP contribution in [0.1, 0.15) is 26.6 Å². The molecule has 1 heterocycles. The van der Waals surface area contributed by atoms with Crippen LogP contribution in [0.25, 0.3) is 0 Å². The van der Waals surface area contributed by atoms with Gasteiger partial charge in [0.15, 0.2) is 5.78 Å². The lowest BCUT2D eigenvalue weighted by molar-refractivity contribution is -0.127. The summed E-state index contributed by atoms with van der Waals surface area (Å²) < 4.78 is 1.96. The third kappa shape index (κ3) is 2.90. The van der Waals surface area contributed by atoms with Crippen LogP contribution >= 0.6 is 22.6 Å². The Morgan fingerprint density at radius 1 is 1.50 bits per heavy atom. The summed E-state index contributed by atoms with van der Waals surface area (Å²) in [5, 5.41) is 0. The number of ketones is 1. The molecule has 0 aliphatic carbocycles. The fourth-order valence-corrected chi connectivity index (χ4v) is 1.55. The Kier molecular flexibility index (Phi) is 3.88. The molecule has 0 amide bonds. The van der Waals surface area contributed by atoms with Crippen molar-refractivity contribution in [2.75, 3.05) is 0 Å². The number of halogens is 1. The van der Waals surface area contributed by atoms with Gasteiger partial charge in [-0.2, -0.15) is 0 Å². The topological polar surface area (TPSA) is 52.0 Å². The van der Waals surface area contributed by atoms with Gasteiger partial charge in [0.25, 0.3) is 5.56 Å². The summed E-state index contributed by atoms with van der Waals surface area (Å²) in [6.45, 7) is 7.36. The van der Waals surface area contributed by atoms with Gasteiger partial charge in [0, 0.05) is 11.6 Å². The van der Waals surface area contributed by atoms with Crippen LogP contribution in [0.15, 0.2) is 11.0 Å². The van der Waals surface area contributed by atoms with Crippen molar-refractivity contribution in [3.8, 4) is 0 Å². The van der Waals surface area contributed by atoms with E-state index in [1.807, 2.05) is 43.4 Å². The number of rotatable bonds is 2. The minimum Gasteiger partial charge on any atom is -0.297 e. The van der Waals surface area contributed by atoms with Crippen molar-refractivity contribution in [2.24, 2.45) is 5.41 Å². The molecule has 0 saturated carbocycles. The van der Waals surface area contributed by atoms with Crippen LogP contribution in [0, 0.1) is 15.9 Å². The number of nitrogens with zero attached hydrogens (tertiary/aromatic N) is 2. The van der Waals surface area contributed by atoms with Gasteiger partial charge in [-0.15, -0.1) is 0 Å². The van der Waals surface area contributed by atoms with Gasteiger partial charge in [-0.05, 0) is 29.5 Å². The van der Waals surface area contributed by atoms with E-state index in [0.29, 0.717) is 9.39 Å². The molecule has 1 rings (SSSR count). The second-order valence-corrected chi connectivity index (χ2v) is 5.88. The van der Waals surface area contributed by atoms with Crippen molar-refractivity contribution in [2.45, 2.75) is 34.2 Å². The van der Waals surface area contributed by atoms with Crippen LogP contribution in [0.4, 0.5) is 0 Å². The molecule has 0 radical (unpaired) electrons. The van der Waals surface area contributed by atoms with Gasteiger partial charge in [-0.1, -0.05) is 20.8 Å². The quantitative estimate of drug-likeness (QED) is 0.775. The average molecular weight is 334 g/mol. The highest BCUT2D eigenvalue weighted by atomic mass is 127. The second-order valence-electron chi connectivity index (χ2n) is 4.72. The lowest BCUT2D eigenvalue weighted by atomic mass is 9.91. The average Bonchev–Trinajstić information content (AvgIpc) is 2.17. The molecule has 0 fully saturated rings. The first kappa shape index (κ1) is 13.3. The van der Waals surface area contributed by atoms with Crippen LogP contribution in [0.2, 0.25) is 0 Å². The molecule has 5 heteroatoms. The molecule has 16 heavy (non-hydrogen) atoms. The summed E-state index contributed by atoms with van der Waals surface area (Å²) in [7, 11) is 0. The van der Waals surface area contributed by atoms with E-state index in [0.717, 1.165) is 0 Å². The van der Waals surface area contributed by atoms with Gasteiger partial charge < -0.3 is 0 Å². The van der Waals surface area contributed by atoms with Crippen molar-refractivity contribution in [3.05, 3.63) is 25.9 Å². The largest absolute Gasteiger partial charge is 0.297 e. The minimum atomic E-state index is -0.437. The van der Waals surface area contributed by atoms with E-state index in [4.69, 9.17) is 0 Å². The maximum atomic E-state index is 11.9. The van der Waals surface area contributed by atoms with Crippen molar-refractivity contribution >= 4 is 28.4 Å². The molecule has 0 aromatic carbocycles. The minimum absolute atomic E-state index is 0.0292. The van der Waals surface area contributed by atoms with Gasteiger partial charge >= 0.3 is 0 Å². The number of hydrogen-bond acceptors (Lipinski definition) is 3. The van der Waals surface area contributed by atoms with Gasteiger partial charge in [-0.25, -0.2) is 4.98 Å². The Labute approximate surface area is 108 Å². The first-order valence-electron chi connectivity index (χ1n) is 4.98. The van der Waals surface area contributed by atoms with Crippen molar-refractivity contribution in [1.29, 1.82) is 0 Å². The highest BCUT2D eigenvalue weighted by Crippen LogP contribution is 2.15. The Morgan fingerprint density at radius 3 is 2.56 bits per heavy atom. The Morgan fingerprint density at radius 2 is 2.06 bits per heavy atom. The molecule has 1 aromatic rings. The molecule has 4 nitrogen and oxygen atoms in total. The van der Waals surface area contributed by atoms with Gasteiger partial charge in [0.2, 0.25) is 0 Å². The lowest BCUT2D eigenvalue weighted by Gasteiger charge is -2.18. The highest BCUT2D eigenvalue weighted by Gasteiger charge is 2.22. The fraction of sp³-hybridized carbons (Fsp3) is 0.545. The SMILES string of the molecule is Cc1ncc(I)c(=O)n1CC(=O)C(C)(C)C. The van der Waals surface area contributed by atoms with Gasteiger partial charge in [0.05, 0.1) is 10.1 Å². The number of Topliss-reactive ketones (excluding diaryl/α,β-unsaturated/α-hetero) is 1. The Bertz CT molecular complexity index is 472. The summed E-state index contributed by atoms with van der Waals surface area (Å²) in [6.07, 6.45) is 1.52. The number of aryl methyl sites for hydroxylation is 1. The summed E-state index contributed by atoms with van der Waals surface area (Å²) in [4.78, 5) is 27.8. The zero-order valence-electron chi connectivity index (χ0n) is 9.87. The number of aromatic nitrogens is 2. The van der Waals surface area contributed by atoms with Crippen LogP contribution in [0.3, 0.4) is 0 Å². The predicted octanol–water partition coefficient (Wildman–Crippen LogP) is 1.77. The van der Waals surface area contributed by atoms with Gasteiger partial charge in [0.1, 0.15) is 5.82 Å². The van der Waals surface area contributed by atoms with E-state index >= 15 is 0 Å². The van der Waals surface area contributed by atoms with E-state index in [1.54, 1.807) is 6.92 Å². The zero-order chi connectivity index (χ0) is 12.5. The summed E-state index contributed by atoms with van der Waals surface area (Å²) >= 11 is 1.93. The van der Waals surface area contributed by atoms with E-state index in [2.05, 4.69) is 4.98 Å². The zero-order valence-corrected chi connectivity index (χ0v) is 12.0. The molecule has 88 valence electrons. The van der Waals surface area contributed by atoms with Crippen LogP contribution in [0.5, 0.6) is 0 Å². The molecule has 0 bridgehead atoms. The molecule has 0 spiro atoms. The molecule has 0 unspecified atom stereocenters. The predicted molar refractivity (Wildman–Crippen MR) is 70.4 cm³/mol. The van der Waals surface area contributed by atoms with E-state index < -0.39 is 5.41 Å². The van der Waals surface area contributed by atoms with Gasteiger partial charge in [-0.3, -0.25) is 14.2 Å². The third-order valence-corrected chi connectivity index (χ3v) is 3.08. The first-order chi connectivity index (χ1) is 7.23. The maximum absolute atomic E-state index is 11.9.